The summed E-state index contributed by atoms with van der Waals surface area (Å²) in [7, 11) is 2.21. The summed E-state index contributed by atoms with van der Waals surface area (Å²) in [6.45, 7) is 11.3. The van der Waals surface area contributed by atoms with Crippen LogP contribution in [0.1, 0.15) is 53.4 Å². The van der Waals surface area contributed by atoms with Gasteiger partial charge in [0.1, 0.15) is 0 Å². The normalized spacial score (nSPS) is 20.1. The average molecular weight is 185 g/mol. The lowest BCUT2D eigenvalue weighted by molar-refractivity contribution is 0.0295. The Morgan fingerprint density at radius 2 is 1.69 bits per heavy atom. The van der Waals surface area contributed by atoms with Gasteiger partial charge < -0.3 is 4.90 Å². The largest absolute Gasteiger partial charge is 0.305 e. The molecule has 0 spiro atoms. The van der Waals surface area contributed by atoms with E-state index in [4.69, 9.17) is 0 Å². The maximum absolute atomic E-state index is 2.42. The lowest BCUT2D eigenvalue weighted by atomic mass is 9.78. The van der Waals surface area contributed by atoms with Crippen molar-refractivity contribution < 1.29 is 0 Å². The Bertz CT molecular complexity index is 114. The van der Waals surface area contributed by atoms with E-state index in [9.17, 15) is 0 Å². The van der Waals surface area contributed by atoms with Gasteiger partial charge in [0, 0.05) is 13.1 Å². The SMILES string of the molecule is CC.CCCCCC1(C)CN(C)C1. The second-order valence-corrected chi connectivity index (χ2v) is 4.44. The Morgan fingerprint density at radius 3 is 2.08 bits per heavy atom. The molecule has 80 valence electrons. The quantitative estimate of drug-likeness (QED) is 0.605. The van der Waals surface area contributed by atoms with Gasteiger partial charge in [0.15, 0.2) is 0 Å². The number of hydrogen-bond donors (Lipinski definition) is 0. The van der Waals surface area contributed by atoms with Crippen molar-refractivity contribution in [2.24, 2.45) is 5.41 Å². The molecule has 0 aliphatic carbocycles. The van der Waals surface area contributed by atoms with Crippen molar-refractivity contribution >= 4 is 0 Å². The molecule has 0 amide bonds. The summed E-state index contributed by atoms with van der Waals surface area (Å²) in [4.78, 5) is 2.41. The van der Waals surface area contributed by atoms with Crippen molar-refractivity contribution in [3.63, 3.8) is 0 Å². The van der Waals surface area contributed by atoms with Gasteiger partial charge in [0.2, 0.25) is 0 Å². The summed E-state index contributed by atoms with van der Waals surface area (Å²) in [5.41, 5.74) is 0.671. The van der Waals surface area contributed by atoms with E-state index in [0.29, 0.717) is 5.41 Å². The van der Waals surface area contributed by atoms with Crippen LogP contribution in [0.3, 0.4) is 0 Å². The molecule has 0 aromatic heterocycles. The van der Waals surface area contributed by atoms with Crippen molar-refractivity contribution in [1.29, 1.82) is 0 Å². The van der Waals surface area contributed by atoms with Crippen LogP contribution in [0.2, 0.25) is 0 Å². The smallest absolute Gasteiger partial charge is 0.00448 e. The zero-order valence-corrected chi connectivity index (χ0v) is 10.2. The summed E-state index contributed by atoms with van der Waals surface area (Å²) < 4.78 is 0. The van der Waals surface area contributed by atoms with E-state index in [1.165, 1.54) is 38.8 Å². The molecule has 0 bridgehead atoms. The molecule has 1 fully saturated rings. The molecule has 13 heavy (non-hydrogen) atoms. The topological polar surface area (TPSA) is 3.24 Å². The molecule has 1 saturated heterocycles. The van der Waals surface area contributed by atoms with Gasteiger partial charge in [-0.15, -0.1) is 0 Å². The molecule has 1 aliphatic rings. The Labute approximate surface area is 84.5 Å². The molecule has 0 unspecified atom stereocenters. The highest BCUT2D eigenvalue weighted by Crippen LogP contribution is 2.33. The lowest BCUT2D eigenvalue weighted by Crippen LogP contribution is -2.52. The third-order valence-corrected chi connectivity index (χ3v) is 2.69. The van der Waals surface area contributed by atoms with E-state index in [-0.39, 0.29) is 0 Å². The van der Waals surface area contributed by atoms with Gasteiger partial charge in [0.05, 0.1) is 0 Å². The zero-order chi connectivity index (χ0) is 10.3. The van der Waals surface area contributed by atoms with Crippen LogP contribution in [0.4, 0.5) is 0 Å². The van der Waals surface area contributed by atoms with Crippen LogP contribution in [0, 0.1) is 5.41 Å². The number of likely N-dealkylation sites (tertiary alicyclic amines) is 1. The second kappa shape index (κ2) is 6.42. The van der Waals surface area contributed by atoms with Gasteiger partial charge in [-0.2, -0.15) is 0 Å². The molecule has 0 aromatic carbocycles. The standard InChI is InChI=1S/C10H21N.C2H6/c1-4-5-6-7-10(2)8-11(3)9-10;1-2/h4-9H2,1-3H3;1-2H3. The monoisotopic (exact) mass is 185 g/mol. The highest BCUT2D eigenvalue weighted by atomic mass is 15.2. The molecular formula is C12H27N. The molecule has 0 aromatic rings. The molecular weight excluding hydrogens is 158 g/mol. The second-order valence-electron chi connectivity index (χ2n) is 4.44. The van der Waals surface area contributed by atoms with Crippen LogP contribution >= 0.6 is 0 Å². The summed E-state index contributed by atoms with van der Waals surface area (Å²) in [5, 5.41) is 0. The van der Waals surface area contributed by atoms with E-state index in [0.717, 1.165) is 0 Å². The molecule has 0 atom stereocenters. The third-order valence-electron chi connectivity index (χ3n) is 2.69. The summed E-state index contributed by atoms with van der Waals surface area (Å²) >= 11 is 0. The van der Waals surface area contributed by atoms with Gasteiger partial charge in [0.25, 0.3) is 0 Å². The molecule has 1 nitrogen and oxygen atoms in total. The van der Waals surface area contributed by atoms with E-state index in [1.54, 1.807) is 0 Å². The first-order valence-electron chi connectivity index (χ1n) is 5.85. The maximum Gasteiger partial charge on any atom is 0.00448 e. The van der Waals surface area contributed by atoms with Crippen molar-refractivity contribution in [2.75, 3.05) is 20.1 Å². The number of nitrogens with zero attached hydrogens (tertiary/aromatic N) is 1. The molecule has 1 aliphatic heterocycles. The Hall–Kier alpha value is -0.0400. The van der Waals surface area contributed by atoms with Gasteiger partial charge in [-0.1, -0.05) is 47.0 Å². The highest BCUT2D eigenvalue weighted by Gasteiger charge is 2.35. The fourth-order valence-corrected chi connectivity index (χ4v) is 2.22. The molecule has 1 heteroatoms. The molecule has 0 N–H and O–H groups in total. The minimum absolute atomic E-state index is 0.671. The number of unbranched alkanes of at least 4 members (excludes halogenated alkanes) is 2. The minimum atomic E-state index is 0.671. The van der Waals surface area contributed by atoms with Crippen LogP contribution in [0.5, 0.6) is 0 Å². The molecule has 1 heterocycles. The van der Waals surface area contributed by atoms with Crippen LogP contribution in [-0.4, -0.2) is 25.0 Å². The predicted molar refractivity (Wildman–Crippen MR) is 61.1 cm³/mol. The number of rotatable bonds is 4. The van der Waals surface area contributed by atoms with Crippen LogP contribution in [0.25, 0.3) is 0 Å². The zero-order valence-electron chi connectivity index (χ0n) is 10.2. The van der Waals surface area contributed by atoms with Gasteiger partial charge in [-0.3, -0.25) is 0 Å². The first-order chi connectivity index (χ1) is 6.16. The van der Waals surface area contributed by atoms with Crippen LogP contribution in [0.15, 0.2) is 0 Å². The summed E-state index contributed by atoms with van der Waals surface area (Å²) in [5.74, 6) is 0. The summed E-state index contributed by atoms with van der Waals surface area (Å²) in [6, 6.07) is 0. The van der Waals surface area contributed by atoms with E-state index < -0.39 is 0 Å². The first kappa shape index (κ1) is 13.0. The fourth-order valence-electron chi connectivity index (χ4n) is 2.22. The molecule has 0 saturated carbocycles. The van der Waals surface area contributed by atoms with Crippen molar-refractivity contribution in [3.05, 3.63) is 0 Å². The fraction of sp³-hybridized carbons (Fsp3) is 1.00. The molecule has 0 radical (unpaired) electrons. The Balaban J connectivity index is 0.000000671. The predicted octanol–water partition coefficient (Wildman–Crippen LogP) is 3.54. The van der Waals surface area contributed by atoms with Gasteiger partial charge in [-0.25, -0.2) is 0 Å². The number of hydrogen-bond acceptors (Lipinski definition) is 1. The first-order valence-corrected chi connectivity index (χ1v) is 5.85. The Morgan fingerprint density at radius 1 is 1.15 bits per heavy atom. The highest BCUT2D eigenvalue weighted by molar-refractivity contribution is 4.88. The van der Waals surface area contributed by atoms with Gasteiger partial charge >= 0.3 is 0 Å². The van der Waals surface area contributed by atoms with E-state index >= 15 is 0 Å². The van der Waals surface area contributed by atoms with Gasteiger partial charge in [-0.05, 0) is 18.9 Å². The van der Waals surface area contributed by atoms with Crippen molar-refractivity contribution in [2.45, 2.75) is 53.4 Å². The minimum Gasteiger partial charge on any atom is -0.305 e. The van der Waals surface area contributed by atoms with Crippen LogP contribution in [-0.2, 0) is 0 Å². The van der Waals surface area contributed by atoms with E-state index in [2.05, 4.69) is 25.8 Å². The van der Waals surface area contributed by atoms with E-state index in [1.807, 2.05) is 13.8 Å². The average Bonchev–Trinajstić information content (AvgIpc) is 2.06. The van der Waals surface area contributed by atoms with Crippen molar-refractivity contribution in [1.82, 2.24) is 4.90 Å². The third kappa shape index (κ3) is 4.66. The van der Waals surface area contributed by atoms with Crippen molar-refractivity contribution in [3.8, 4) is 0 Å². The Kier molecular flexibility index (Phi) is 6.40. The van der Waals surface area contributed by atoms with Crippen LogP contribution < -0.4 is 0 Å². The molecule has 1 rings (SSSR count). The maximum atomic E-state index is 2.42. The summed E-state index contributed by atoms with van der Waals surface area (Å²) in [6.07, 6.45) is 5.64. The lowest BCUT2D eigenvalue weighted by Gasteiger charge is -2.46.